The Morgan fingerprint density at radius 1 is 1.21 bits per heavy atom. The van der Waals surface area contributed by atoms with Crippen LogP contribution in [0.5, 0.6) is 0 Å². The average Bonchev–Trinajstić information content (AvgIpc) is 3.20. The lowest BCUT2D eigenvalue weighted by Crippen LogP contribution is -2.39. The van der Waals surface area contributed by atoms with Crippen LogP contribution >= 0.6 is 0 Å². The van der Waals surface area contributed by atoms with Gasteiger partial charge in [-0.15, -0.1) is 0 Å². The Hall–Kier alpha value is -0.860. The van der Waals surface area contributed by atoms with Crippen molar-refractivity contribution >= 4 is 0 Å². The molecule has 1 saturated carbocycles. The van der Waals surface area contributed by atoms with Crippen LogP contribution in [0.15, 0.2) is 18.2 Å². The number of nitrogens with one attached hydrogen (secondary N) is 1. The van der Waals surface area contributed by atoms with Crippen molar-refractivity contribution in [3.8, 4) is 0 Å². The number of nitrogens with zero attached hydrogens (tertiary/aromatic N) is 1. The molecule has 0 bridgehead atoms. The molecule has 1 N–H and O–H groups in total. The molecular weight excluding hydrogens is 232 g/mol. The number of rotatable bonds is 3. The molecule has 0 aromatic heterocycles. The van der Waals surface area contributed by atoms with E-state index < -0.39 is 0 Å². The Morgan fingerprint density at radius 3 is 2.63 bits per heavy atom. The second-order valence-electron chi connectivity index (χ2n) is 6.36. The number of hydrogen-bond acceptors (Lipinski definition) is 2. The summed E-state index contributed by atoms with van der Waals surface area (Å²) in [7, 11) is 0. The highest BCUT2D eigenvalue weighted by Gasteiger charge is 2.33. The molecule has 1 aliphatic heterocycles. The lowest BCUT2D eigenvalue weighted by atomic mass is 10.0. The highest BCUT2D eigenvalue weighted by molar-refractivity contribution is 5.33. The van der Waals surface area contributed by atoms with Gasteiger partial charge >= 0.3 is 0 Å². The number of hydrogen-bond donors (Lipinski definition) is 1. The zero-order chi connectivity index (χ0) is 13.2. The van der Waals surface area contributed by atoms with Crippen molar-refractivity contribution < 1.29 is 0 Å². The molecule has 1 atom stereocenters. The van der Waals surface area contributed by atoms with Gasteiger partial charge in [-0.1, -0.05) is 18.2 Å². The van der Waals surface area contributed by atoms with E-state index >= 15 is 0 Å². The maximum Gasteiger partial charge on any atom is 0.0239 e. The molecule has 1 aromatic carbocycles. The van der Waals surface area contributed by atoms with E-state index in [-0.39, 0.29) is 0 Å². The van der Waals surface area contributed by atoms with E-state index in [1.165, 1.54) is 50.0 Å². The first-order valence-corrected chi connectivity index (χ1v) is 7.75. The van der Waals surface area contributed by atoms with Crippen molar-refractivity contribution in [3.63, 3.8) is 0 Å². The van der Waals surface area contributed by atoms with E-state index in [9.17, 15) is 0 Å². The fraction of sp³-hybridized carbons (Fsp3) is 0.647. The standard InChI is InChI=1S/C17H26N2/c1-13-5-3-6-14(2)16(13)11-19-10-4-9-18-17(12-19)15-7-8-15/h3,5-6,15,17-18H,4,7-12H2,1-2H3. The fourth-order valence-corrected chi connectivity index (χ4v) is 3.30. The van der Waals surface area contributed by atoms with Gasteiger partial charge in [0, 0.05) is 19.1 Å². The molecule has 19 heavy (non-hydrogen) atoms. The van der Waals surface area contributed by atoms with Crippen molar-refractivity contribution in [2.75, 3.05) is 19.6 Å². The Bertz CT molecular complexity index is 417. The molecule has 104 valence electrons. The van der Waals surface area contributed by atoms with E-state index in [4.69, 9.17) is 0 Å². The zero-order valence-electron chi connectivity index (χ0n) is 12.3. The first-order chi connectivity index (χ1) is 9.24. The predicted molar refractivity (Wildman–Crippen MR) is 80.3 cm³/mol. The first kappa shape index (κ1) is 13.1. The van der Waals surface area contributed by atoms with E-state index in [0.717, 1.165) is 18.5 Å². The van der Waals surface area contributed by atoms with Gasteiger partial charge in [0.2, 0.25) is 0 Å². The van der Waals surface area contributed by atoms with Crippen LogP contribution in [0.4, 0.5) is 0 Å². The highest BCUT2D eigenvalue weighted by Crippen LogP contribution is 2.33. The molecule has 3 rings (SSSR count). The van der Waals surface area contributed by atoms with E-state index in [0.29, 0.717) is 0 Å². The third kappa shape index (κ3) is 3.18. The summed E-state index contributed by atoms with van der Waals surface area (Å²) in [5, 5.41) is 3.75. The summed E-state index contributed by atoms with van der Waals surface area (Å²) < 4.78 is 0. The second-order valence-corrected chi connectivity index (χ2v) is 6.36. The molecule has 2 fully saturated rings. The summed E-state index contributed by atoms with van der Waals surface area (Å²) in [5.74, 6) is 0.957. The van der Waals surface area contributed by atoms with E-state index in [1.807, 2.05) is 0 Å². The molecule has 0 radical (unpaired) electrons. The highest BCUT2D eigenvalue weighted by atomic mass is 15.2. The van der Waals surface area contributed by atoms with Crippen molar-refractivity contribution in [1.82, 2.24) is 10.2 Å². The van der Waals surface area contributed by atoms with Crippen molar-refractivity contribution in [3.05, 3.63) is 34.9 Å². The van der Waals surface area contributed by atoms with Gasteiger partial charge in [-0.05, 0) is 68.8 Å². The predicted octanol–water partition coefficient (Wildman–Crippen LogP) is 2.88. The molecule has 2 heteroatoms. The summed E-state index contributed by atoms with van der Waals surface area (Å²) in [6, 6.07) is 7.41. The maximum atomic E-state index is 3.75. The third-order valence-electron chi connectivity index (χ3n) is 4.73. The van der Waals surface area contributed by atoms with E-state index in [1.54, 1.807) is 5.56 Å². The summed E-state index contributed by atoms with van der Waals surface area (Å²) in [4.78, 5) is 2.66. The van der Waals surface area contributed by atoms with Gasteiger partial charge in [0.1, 0.15) is 0 Å². The van der Waals surface area contributed by atoms with Crippen LogP contribution in [0.3, 0.4) is 0 Å². The normalized spacial score (nSPS) is 25.3. The minimum absolute atomic E-state index is 0.742. The van der Waals surface area contributed by atoms with Crippen LogP contribution in [0.2, 0.25) is 0 Å². The average molecular weight is 258 g/mol. The minimum atomic E-state index is 0.742. The van der Waals surface area contributed by atoms with E-state index in [2.05, 4.69) is 42.3 Å². The molecule has 1 heterocycles. The fourth-order valence-electron chi connectivity index (χ4n) is 3.30. The quantitative estimate of drug-likeness (QED) is 0.897. The minimum Gasteiger partial charge on any atom is -0.312 e. The van der Waals surface area contributed by atoms with Gasteiger partial charge in [-0.3, -0.25) is 4.90 Å². The molecular formula is C17H26N2. The Kier molecular flexibility index (Phi) is 3.90. The summed E-state index contributed by atoms with van der Waals surface area (Å²) in [6.07, 6.45) is 4.16. The van der Waals surface area contributed by atoms with Gasteiger partial charge in [-0.2, -0.15) is 0 Å². The number of aryl methyl sites for hydroxylation is 2. The topological polar surface area (TPSA) is 15.3 Å². The summed E-state index contributed by atoms with van der Waals surface area (Å²) in [5.41, 5.74) is 4.43. The van der Waals surface area contributed by atoms with Crippen LogP contribution in [0, 0.1) is 19.8 Å². The third-order valence-corrected chi connectivity index (χ3v) is 4.73. The van der Waals surface area contributed by atoms with Crippen LogP contribution < -0.4 is 5.32 Å². The van der Waals surface area contributed by atoms with Crippen LogP contribution in [0.25, 0.3) is 0 Å². The lowest BCUT2D eigenvalue weighted by Gasteiger charge is -2.25. The smallest absolute Gasteiger partial charge is 0.0239 e. The molecule has 1 aliphatic carbocycles. The SMILES string of the molecule is Cc1cccc(C)c1CN1CCCNC(C2CC2)C1. The van der Waals surface area contributed by atoms with Crippen molar-refractivity contribution in [2.45, 2.75) is 45.7 Å². The van der Waals surface area contributed by atoms with Gasteiger partial charge in [0.05, 0.1) is 0 Å². The van der Waals surface area contributed by atoms with Gasteiger partial charge in [0.25, 0.3) is 0 Å². The second kappa shape index (κ2) is 5.64. The van der Waals surface area contributed by atoms with Crippen LogP contribution in [-0.4, -0.2) is 30.6 Å². The molecule has 2 nitrogen and oxygen atoms in total. The van der Waals surface area contributed by atoms with Crippen LogP contribution in [-0.2, 0) is 6.54 Å². The number of benzene rings is 1. The monoisotopic (exact) mass is 258 g/mol. The molecule has 2 aliphatic rings. The summed E-state index contributed by atoms with van der Waals surface area (Å²) >= 11 is 0. The lowest BCUT2D eigenvalue weighted by molar-refractivity contribution is 0.250. The van der Waals surface area contributed by atoms with Crippen LogP contribution in [0.1, 0.15) is 36.0 Å². The Labute approximate surface area is 117 Å². The first-order valence-electron chi connectivity index (χ1n) is 7.75. The molecule has 1 unspecified atom stereocenters. The zero-order valence-corrected chi connectivity index (χ0v) is 12.3. The molecule has 0 amide bonds. The Balaban J connectivity index is 1.70. The largest absolute Gasteiger partial charge is 0.312 e. The molecule has 1 saturated heterocycles. The van der Waals surface area contributed by atoms with Gasteiger partial charge in [-0.25, -0.2) is 0 Å². The molecule has 1 aromatic rings. The Morgan fingerprint density at radius 2 is 1.95 bits per heavy atom. The summed E-state index contributed by atoms with van der Waals surface area (Å²) in [6.45, 7) is 9.30. The van der Waals surface area contributed by atoms with Crippen molar-refractivity contribution in [1.29, 1.82) is 0 Å². The van der Waals surface area contributed by atoms with Gasteiger partial charge < -0.3 is 5.32 Å². The maximum absolute atomic E-state index is 3.75. The van der Waals surface area contributed by atoms with Crippen molar-refractivity contribution in [2.24, 2.45) is 5.92 Å². The molecule has 0 spiro atoms. The van der Waals surface area contributed by atoms with Gasteiger partial charge in [0.15, 0.2) is 0 Å².